The Morgan fingerprint density at radius 3 is 2.50 bits per heavy atom. The van der Waals surface area contributed by atoms with Gasteiger partial charge in [0.25, 0.3) is 0 Å². The average Bonchev–Trinajstić information content (AvgIpc) is 2.96. The summed E-state index contributed by atoms with van der Waals surface area (Å²) < 4.78 is 0. The van der Waals surface area contributed by atoms with Crippen LogP contribution in [0.25, 0.3) is 0 Å². The van der Waals surface area contributed by atoms with Gasteiger partial charge >= 0.3 is 11.9 Å². The van der Waals surface area contributed by atoms with Gasteiger partial charge in [-0.2, -0.15) is 0 Å². The van der Waals surface area contributed by atoms with Crippen LogP contribution in [0, 0.1) is 0 Å². The van der Waals surface area contributed by atoms with Crippen LogP contribution >= 0.6 is 0 Å². The van der Waals surface area contributed by atoms with Crippen molar-refractivity contribution in [3.63, 3.8) is 0 Å². The standard InChI is InChI=1S/C19H22O5/c1-11(2)18(21)23-24-19(22)13(4)16-9-15-7-5-6-14(8-12(3)20)17(15)10-16/h5-7,12,20H,1,8-10H2,2-4H3/b16-13-. The fourth-order valence-corrected chi connectivity index (χ4v) is 2.71. The smallest absolute Gasteiger partial charge is 0.382 e. The predicted molar refractivity (Wildman–Crippen MR) is 88.9 cm³/mol. The molecule has 0 amide bonds. The van der Waals surface area contributed by atoms with Gasteiger partial charge in [0.15, 0.2) is 0 Å². The van der Waals surface area contributed by atoms with E-state index in [1.54, 1.807) is 13.8 Å². The fourth-order valence-electron chi connectivity index (χ4n) is 2.71. The van der Waals surface area contributed by atoms with Crippen molar-refractivity contribution in [1.29, 1.82) is 0 Å². The second-order valence-electron chi connectivity index (χ2n) is 6.21. The number of hydrogen-bond donors (Lipinski definition) is 1. The summed E-state index contributed by atoms with van der Waals surface area (Å²) in [5.74, 6) is -1.44. The van der Waals surface area contributed by atoms with Crippen molar-refractivity contribution < 1.29 is 24.5 Å². The van der Waals surface area contributed by atoms with Crippen molar-refractivity contribution in [3.05, 3.63) is 58.2 Å². The Labute approximate surface area is 141 Å². The summed E-state index contributed by atoms with van der Waals surface area (Å²) in [5, 5.41) is 9.63. The third-order valence-corrected chi connectivity index (χ3v) is 4.06. The van der Waals surface area contributed by atoms with Gasteiger partial charge in [0.2, 0.25) is 0 Å². The minimum absolute atomic E-state index is 0.157. The van der Waals surface area contributed by atoms with Gasteiger partial charge in [0.1, 0.15) is 0 Å². The first-order valence-electron chi connectivity index (χ1n) is 7.84. The molecular weight excluding hydrogens is 308 g/mol. The van der Waals surface area contributed by atoms with E-state index in [0.29, 0.717) is 24.8 Å². The number of fused-ring (bicyclic) bond motifs is 1. The average molecular weight is 330 g/mol. The molecule has 2 rings (SSSR count). The lowest BCUT2D eigenvalue weighted by Gasteiger charge is -2.09. The maximum atomic E-state index is 12.0. The third kappa shape index (κ3) is 4.11. The number of carbonyl (C=O) groups excluding carboxylic acids is 2. The van der Waals surface area contributed by atoms with Crippen molar-refractivity contribution in [3.8, 4) is 0 Å². The molecule has 1 aliphatic carbocycles. The normalized spacial score (nSPS) is 16.2. The molecule has 0 fully saturated rings. The molecule has 0 spiro atoms. The molecule has 1 aliphatic rings. The van der Waals surface area contributed by atoms with Crippen LogP contribution in [0.2, 0.25) is 0 Å². The van der Waals surface area contributed by atoms with Crippen LogP contribution in [0.15, 0.2) is 41.5 Å². The van der Waals surface area contributed by atoms with Crippen molar-refractivity contribution in [2.75, 3.05) is 0 Å². The largest absolute Gasteiger partial charge is 0.393 e. The number of hydrogen-bond acceptors (Lipinski definition) is 5. The second kappa shape index (κ2) is 7.45. The van der Waals surface area contributed by atoms with Crippen LogP contribution in [0.5, 0.6) is 0 Å². The highest BCUT2D eigenvalue weighted by Gasteiger charge is 2.24. The van der Waals surface area contributed by atoms with Gasteiger partial charge in [-0.05, 0) is 56.7 Å². The Balaban J connectivity index is 2.13. The molecule has 24 heavy (non-hydrogen) atoms. The molecule has 1 N–H and O–H groups in total. The van der Waals surface area contributed by atoms with Crippen molar-refractivity contribution in [2.24, 2.45) is 0 Å². The molecule has 128 valence electrons. The predicted octanol–water partition coefficient (Wildman–Crippen LogP) is 2.60. The van der Waals surface area contributed by atoms with Crippen LogP contribution < -0.4 is 0 Å². The van der Waals surface area contributed by atoms with Crippen LogP contribution in [-0.2, 0) is 38.6 Å². The summed E-state index contributed by atoms with van der Waals surface area (Å²) in [4.78, 5) is 32.4. The number of aliphatic hydroxyl groups is 1. The maximum absolute atomic E-state index is 12.0. The van der Waals surface area contributed by atoms with Crippen molar-refractivity contribution in [2.45, 2.75) is 46.1 Å². The van der Waals surface area contributed by atoms with Gasteiger partial charge in [0, 0.05) is 11.1 Å². The lowest BCUT2D eigenvalue weighted by molar-refractivity contribution is -0.252. The highest BCUT2D eigenvalue weighted by atomic mass is 17.2. The Kier molecular flexibility index (Phi) is 5.57. The first-order valence-corrected chi connectivity index (χ1v) is 7.84. The monoisotopic (exact) mass is 330 g/mol. The molecule has 1 aromatic carbocycles. The van der Waals surface area contributed by atoms with Gasteiger partial charge in [-0.25, -0.2) is 19.4 Å². The molecule has 1 atom stereocenters. The SMILES string of the molecule is C=C(C)C(=O)OOC(=O)/C(C)=C1/Cc2cccc(CC(C)O)c2C1. The van der Waals surface area contributed by atoms with E-state index in [9.17, 15) is 14.7 Å². The zero-order valence-corrected chi connectivity index (χ0v) is 14.2. The van der Waals surface area contributed by atoms with Crippen molar-refractivity contribution >= 4 is 11.9 Å². The fraction of sp³-hybridized carbons (Fsp3) is 0.368. The topological polar surface area (TPSA) is 72.8 Å². The maximum Gasteiger partial charge on any atom is 0.382 e. The quantitative estimate of drug-likeness (QED) is 0.522. The zero-order valence-electron chi connectivity index (χ0n) is 14.2. The minimum atomic E-state index is -0.768. The van der Waals surface area contributed by atoms with E-state index in [4.69, 9.17) is 0 Å². The Bertz CT molecular complexity index is 712. The van der Waals surface area contributed by atoms with E-state index in [0.717, 1.165) is 22.3 Å². The molecule has 0 aliphatic heterocycles. The molecule has 5 nitrogen and oxygen atoms in total. The minimum Gasteiger partial charge on any atom is -0.393 e. The van der Waals surface area contributed by atoms with Crippen LogP contribution in [-0.4, -0.2) is 23.1 Å². The molecule has 0 bridgehead atoms. The van der Waals surface area contributed by atoms with E-state index in [1.165, 1.54) is 6.92 Å². The molecule has 0 saturated carbocycles. The van der Waals surface area contributed by atoms with Crippen LogP contribution in [0.4, 0.5) is 0 Å². The first-order chi connectivity index (χ1) is 11.3. The summed E-state index contributed by atoms with van der Waals surface area (Å²) in [6, 6.07) is 5.98. The summed E-state index contributed by atoms with van der Waals surface area (Å²) in [6.45, 7) is 8.30. The van der Waals surface area contributed by atoms with Crippen molar-refractivity contribution in [1.82, 2.24) is 0 Å². The van der Waals surface area contributed by atoms with Gasteiger partial charge in [-0.15, -0.1) is 0 Å². The Hall–Kier alpha value is -2.40. The van der Waals surface area contributed by atoms with Gasteiger partial charge < -0.3 is 5.11 Å². The summed E-state index contributed by atoms with van der Waals surface area (Å²) >= 11 is 0. The van der Waals surface area contributed by atoms with Crippen LogP contribution in [0.1, 0.15) is 37.5 Å². The Morgan fingerprint density at radius 2 is 1.88 bits per heavy atom. The van der Waals surface area contributed by atoms with E-state index < -0.39 is 18.0 Å². The molecule has 0 aromatic heterocycles. The number of aliphatic hydroxyl groups excluding tert-OH is 1. The molecule has 0 radical (unpaired) electrons. The van der Waals surface area contributed by atoms with Gasteiger partial charge in [0.05, 0.1) is 6.10 Å². The van der Waals surface area contributed by atoms with Crippen LogP contribution in [0.3, 0.4) is 0 Å². The molecular formula is C19H22O5. The zero-order chi connectivity index (χ0) is 17.9. The second-order valence-corrected chi connectivity index (χ2v) is 6.21. The third-order valence-electron chi connectivity index (χ3n) is 4.06. The summed E-state index contributed by atoms with van der Waals surface area (Å²) in [6.07, 6.45) is 1.44. The molecule has 0 heterocycles. The molecule has 5 heteroatoms. The Morgan fingerprint density at radius 1 is 1.21 bits per heavy atom. The van der Waals surface area contributed by atoms with E-state index in [-0.39, 0.29) is 5.57 Å². The van der Waals surface area contributed by atoms with E-state index >= 15 is 0 Å². The van der Waals surface area contributed by atoms with E-state index in [2.05, 4.69) is 16.4 Å². The summed E-state index contributed by atoms with van der Waals surface area (Å²) in [7, 11) is 0. The lowest BCUT2D eigenvalue weighted by atomic mass is 9.99. The highest BCUT2D eigenvalue weighted by molar-refractivity contribution is 5.91. The number of carbonyl (C=O) groups is 2. The molecule has 1 aromatic rings. The highest BCUT2D eigenvalue weighted by Crippen LogP contribution is 2.31. The number of allylic oxidation sites excluding steroid dienone is 1. The van der Waals surface area contributed by atoms with Gasteiger partial charge in [-0.3, -0.25) is 0 Å². The molecule has 1 unspecified atom stereocenters. The number of benzene rings is 1. The molecule has 0 saturated heterocycles. The number of rotatable bonds is 4. The van der Waals surface area contributed by atoms with E-state index in [1.807, 2.05) is 18.2 Å². The lowest BCUT2D eigenvalue weighted by Crippen LogP contribution is -2.13. The van der Waals surface area contributed by atoms with Gasteiger partial charge in [-0.1, -0.05) is 30.4 Å². The summed E-state index contributed by atoms with van der Waals surface area (Å²) in [5.41, 5.74) is 4.91. The first kappa shape index (κ1) is 17.9.